The molecule has 0 saturated carbocycles. The summed E-state index contributed by atoms with van der Waals surface area (Å²) < 4.78 is 0. The average molecular weight is 321 g/mol. The third-order valence-corrected chi connectivity index (χ3v) is 4.25. The predicted octanol–water partition coefficient (Wildman–Crippen LogP) is 4.21. The first-order valence-corrected chi connectivity index (χ1v) is 8.41. The van der Waals surface area contributed by atoms with E-state index in [2.05, 4.69) is 41.2 Å². The van der Waals surface area contributed by atoms with Crippen LogP contribution < -0.4 is 5.32 Å². The van der Waals surface area contributed by atoms with Gasteiger partial charge in [0, 0.05) is 21.8 Å². The van der Waals surface area contributed by atoms with Crippen molar-refractivity contribution < 1.29 is 0 Å². The molecule has 1 atom stereocenters. The lowest BCUT2D eigenvalue weighted by molar-refractivity contribution is 0.295. The predicted molar refractivity (Wildman–Crippen MR) is 94.7 cm³/mol. The molecule has 0 unspecified atom stereocenters. The summed E-state index contributed by atoms with van der Waals surface area (Å²) in [6.45, 7) is 9.98. The van der Waals surface area contributed by atoms with Crippen LogP contribution in [0.4, 0.5) is 5.82 Å². The number of fused-ring (bicyclic) bond motifs is 1. The Bertz CT molecular complexity index is 598. The summed E-state index contributed by atoms with van der Waals surface area (Å²) in [5, 5.41) is 14.6. The minimum Gasteiger partial charge on any atom is -0.366 e. The minimum atomic E-state index is 0.356. The first-order chi connectivity index (χ1) is 10.6. The van der Waals surface area contributed by atoms with Crippen LogP contribution in [0.2, 0.25) is 5.02 Å². The Morgan fingerprint density at radius 1 is 1.27 bits per heavy atom. The number of anilines is 1. The molecule has 4 nitrogen and oxygen atoms in total. The van der Waals surface area contributed by atoms with Crippen LogP contribution in [0, 0.1) is 0 Å². The molecule has 2 aromatic rings. The summed E-state index contributed by atoms with van der Waals surface area (Å²) in [4.78, 5) is 2.45. The van der Waals surface area contributed by atoms with E-state index in [1.54, 1.807) is 6.20 Å². The molecule has 0 saturated heterocycles. The van der Waals surface area contributed by atoms with Crippen LogP contribution in [0.3, 0.4) is 0 Å². The van der Waals surface area contributed by atoms with Crippen LogP contribution in [-0.4, -0.2) is 40.8 Å². The smallest absolute Gasteiger partial charge is 0.156 e. The lowest BCUT2D eigenvalue weighted by atomic mass is 10.1. The van der Waals surface area contributed by atoms with Gasteiger partial charge in [0.25, 0.3) is 0 Å². The number of nitrogens with one attached hydrogen (secondary N) is 1. The molecule has 1 aromatic heterocycles. The fourth-order valence-electron chi connectivity index (χ4n) is 2.62. The highest BCUT2D eigenvalue weighted by atomic mass is 35.5. The van der Waals surface area contributed by atoms with Gasteiger partial charge in [0.05, 0.1) is 6.20 Å². The average Bonchev–Trinajstić information content (AvgIpc) is 2.52. The van der Waals surface area contributed by atoms with Gasteiger partial charge in [-0.15, -0.1) is 5.10 Å². The summed E-state index contributed by atoms with van der Waals surface area (Å²) in [6, 6.07) is 6.15. The zero-order chi connectivity index (χ0) is 15.9. The Kier molecular flexibility index (Phi) is 6.40. The second-order valence-electron chi connectivity index (χ2n) is 5.64. The van der Waals surface area contributed by atoms with Gasteiger partial charge in [-0.2, -0.15) is 5.10 Å². The van der Waals surface area contributed by atoms with E-state index in [4.69, 9.17) is 11.6 Å². The van der Waals surface area contributed by atoms with Crippen LogP contribution in [0.5, 0.6) is 0 Å². The van der Waals surface area contributed by atoms with Crippen molar-refractivity contribution >= 4 is 28.2 Å². The first kappa shape index (κ1) is 17.0. The largest absolute Gasteiger partial charge is 0.366 e. The van der Waals surface area contributed by atoms with E-state index in [1.807, 2.05) is 18.2 Å². The van der Waals surface area contributed by atoms with Gasteiger partial charge in [-0.3, -0.25) is 0 Å². The Hall–Kier alpha value is -1.39. The van der Waals surface area contributed by atoms with Crippen molar-refractivity contribution in [1.29, 1.82) is 0 Å². The second kappa shape index (κ2) is 8.30. The molecule has 0 amide bonds. The SMILES string of the molecule is CCN(CC)CCC[C@@H](C)Nc1nncc2ccc(Cl)cc12. The van der Waals surface area contributed by atoms with E-state index in [9.17, 15) is 0 Å². The van der Waals surface area contributed by atoms with Crippen LogP contribution in [0.25, 0.3) is 10.8 Å². The lowest BCUT2D eigenvalue weighted by Crippen LogP contribution is -2.25. The number of nitrogens with zero attached hydrogens (tertiary/aromatic N) is 3. The third kappa shape index (κ3) is 4.55. The van der Waals surface area contributed by atoms with Gasteiger partial charge in [-0.05, 0) is 51.5 Å². The Labute approximate surface area is 137 Å². The molecule has 120 valence electrons. The van der Waals surface area contributed by atoms with Gasteiger partial charge < -0.3 is 10.2 Å². The maximum absolute atomic E-state index is 6.10. The molecule has 0 spiro atoms. The monoisotopic (exact) mass is 320 g/mol. The third-order valence-electron chi connectivity index (χ3n) is 4.01. The molecule has 22 heavy (non-hydrogen) atoms. The van der Waals surface area contributed by atoms with E-state index in [1.165, 1.54) is 6.42 Å². The fourth-order valence-corrected chi connectivity index (χ4v) is 2.79. The van der Waals surface area contributed by atoms with Crippen LogP contribution in [-0.2, 0) is 0 Å². The number of halogens is 1. The van der Waals surface area contributed by atoms with Crippen molar-refractivity contribution in [2.24, 2.45) is 0 Å². The van der Waals surface area contributed by atoms with Crippen molar-refractivity contribution in [3.63, 3.8) is 0 Å². The molecular formula is C17H25ClN4. The van der Waals surface area contributed by atoms with E-state index in [0.717, 1.165) is 47.7 Å². The summed E-state index contributed by atoms with van der Waals surface area (Å²) >= 11 is 6.10. The Morgan fingerprint density at radius 3 is 2.77 bits per heavy atom. The van der Waals surface area contributed by atoms with Crippen molar-refractivity contribution in [2.75, 3.05) is 25.0 Å². The molecule has 1 heterocycles. The minimum absolute atomic E-state index is 0.356. The van der Waals surface area contributed by atoms with Gasteiger partial charge in [0.1, 0.15) is 0 Å². The maximum atomic E-state index is 6.10. The number of aromatic nitrogens is 2. The highest BCUT2D eigenvalue weighted by molar-refractivity contribution is 6.31. The van der Waals surface area contributed by atoms with Crippen molar-refractivity contribution in [3.05, 3.63) is 29.4 Å². The van der Waals surface area contributed by atoms with Gasteiger partial charge in [0.15, 0.2) is 5.82 Å². The number of benzene rings is 1. The summed E-state index contributed by atoms with van der Waals surface area (Å²) in [5.41, 5.74) is 0. The zero-order valence-corrected chi connectivity index (χ0v) is 14.4. The second-order valence-corrected chi connectivity index (χ2v) is 6.08. The highest BCUT2D eigenvalue weighted by Gasteiger charge is 2.09. The number of hydrogen-bond acceptors (Lipinski definition) is 4. The van der Waals surface area contributed by atoms with E-state index >= 15 is 0 Å². The normalized spacial score (nSPS) is 12.8. The maximum Gasteiger partial charge on any atom is 0.156 e. The highest BCUT2D eigenvalue weighted by Crippen LogP contribution is 2.24. The molecule has 2 rings (SSSR count). The van der Waals surface area contributed by atoms with E-state index in [0.29, 0.717) is 6.04 Å². The molecule has 0 aliphatic carbocycles. The van der Waals surface area contributed by atoms with Crippen molar-refractivity contribution in [1.82, 2.24) is 15.1 Å². The molecular weight excluding hydrogens is 296 g/mol. The van der Waals surface area contributed by atoms with E-state index < -0.39 is 0 Å². The summed E-state index contributed by atoms with van der Waals surface area (Å²) in [7, 11) is 0. The Morgan fingerprint density at radius 2 is 2.05 bits per heavy atom. The number of hydrogen-bond donors (Lipinski definition) is 1. The summed E-state index contributed by atoms with van der Waals surface area (Å²) in [5.74, 6) is 0.815. The quantitative estimate of drug-likeness (QED) is 0.791. The van der Waals surface area contributed by atoms with Crippen LogP contribution in [0.1, 0.15) is 33.6 Å². The van der Waals surface area contributed by atoms with Gasteiger partial charge in [-0.1, -0.05) is 31.5 Å². The molecule has 5 heteroatoms. The topological polar surface area (TPSA) is 41.0 Å². The fraction of sp³-hybridized carbons (Fsp3) is 0.529. The van der Waals surface area contributed by atoms with Crippen LogP contribution in [0.15, 0.2) is 24.4 Å². The van der Waals surface area contributed by atoms with Gasteiger partial charge in [0.2, 0.25) is 0 Å². The molecule has 0 radical (unpaired) electrons. The van der Waals surface area contributed by atoms with Gasteiger partial charge >= 0.3 is 0 Å². The van der Waals surface area contributed by atoms with Crippen molar-refractivity contribution in [3.8, 4) is 0 Å². The number of rotatable bonds is 8. The van der Waals surface area contributed by atoms with Crippen molar-refractivity contribution in [2.45, 2.75) is 39.7 Å². The van der Waals surface area contributed by atoms with Crippen LogP contribution >= 0.6 is 11.6 Å². The standard InChI is InChI=1S/C17H25ClN4/c1-4-22(5-2)10-6-7-13(3)20-17-16-11-15(18)9-8-14(16)12-19-21-17/h8-9,11-13H,4-7,10H2,1-3H3,(H,20,21)/t13-/m1/s1. The lowest BCUT2D eigenvalue weighted by Gasteiger charge is -2.20. The molecule has 0 aliphatic heterocycles. The molecule has 0 bridgehead atoms. The van der Waals surface area contributed by atoms with E-state index in [-0.39, 0.29) is 0 Å². The molecule has 0 aliphatic rings. The molecule has 0 fully saturated rings. The van der Waals surface area contributed by atoms with Gasteiger partial charge in [-0.25, -0.2) is 0 Å². The zero-order valence-electron chi connectivity index (χ0n) is 13.6. The Balaban J connectivity index is 1.97. The molecule has 1 N–H and O–H groups in total. The first-order valence-electron chi connectivity index (χ1n) is 8.03. The summed E-state index contributed by atoms with van der Waals surface area (Å²) in [6.07, 6.45) is 4.05. The molecule has 1 aromatic carbocycles.